The molecule has 1 amide bonds. The van der Waals surface area contributed by atoms with E-state index in [-0.39, 0.29) is 27.1 Å². The highest BCUT2D eigenvalue weighted by molar-refractivity contribution is 7.91. The predicted molar refractivity (Wildman–Crippen MR) is 122 cm³/mol. The van der Waals surface area contributed by atoms with Gasteiger partial charge in [0.1, 0.15) is 15.4 Å². The van der Waals surface area contributed by atoms with Crippen molar-refractivity contribution in [2.45, 2.75) is 41.1 Å². The zero-order valence-electron chi connectivity index (χ0n) is 18.6. The van der Waals surface area contributed by atoms with Crippen molar-refractivity contribution >= 4 is 33.2 Å². The van der Waals surface area contributed by atoms with Crippen LogP contribution >= 0.6 is 11.3 Å². The van der Waals surface area contributed by atoms with E-state index in [1.807, 2.05) is 0 Å². The Kier molecular flexibility index (Phi) is 6.70. The average molecular weight is 544 g/mol. The van der Waals surface area contributed by atoms with Crippen molar-refractivity contribution in [2.24, 2.45) is 0 Å². The van der Waals surface area contributed by atoms with Gasteiger partial charge in [0.15, 0.2) is 0 Å². The summed E-state index contributed by atoms with van der Waals surface area (Å²) in [5.74, 6) is -3.40. The number of alkyl halides is 3. The first-order valence-corrected chi connectivity index (χ1v) is 12.9. The second-order valence-electron chi connectivity index (χ2n) is 8.25. The van der Waals surface area contributed by atoms with Crippen molar-refractivity contribution in [3.63, 3.8) is 0 Å². The number of nitrogens with one attached hydrogen (secondary N) is 2. The number of hydrogen-bond acceptors (Lipinski definition) is 7. The van der Waals surface area contributed by atoms with Crippen LogP contribution in [0.5, 0.6) is 0 Å². The molecule has 4 rings (SSSR count). The third-order valence-corrected chi connectivity index (χ3v) is 8.96. The number of carbonyl (C=O) groups is 2. The number of sulfonamides is 1. The van der Waals surface area contributed by atoms with E-state index in [0.29, 0.717) is 35.8 Å². The standard InChI is InChI=1S/C22H20F3N3O6S2/c1-26-18(29)8-4-12-2-5-13(6-3-12)14-11-21(14,20(30)31)28-36(32,33)19-9-7-16(35-19)15-10-17(34-27-15)22(23,24)25/h2-3,5-7,9-10,14,28H,4,8,11H2,1H3,(H,26,29)(H,30,31)/t14-,21+/m1/s1. The molecule has 14 heteroatoms. The van der Waals surface area contributed by atoms with Crippen molar-refractivity contribution in [1.82, 2.24) is 15.2 Å². The summed E-state index contributed by atoms with van der Waals surface area (Å²) in [6, 6.07) is 10.0. The SMILES string of the molecule is CNC(=O)CCc1ccc([C@H]2C[C@@]2(NS(=O)(=O)c2ccc(-c3cc(C(F)(F)F)on3)s2)C(=O)O)cc1. The zero-order chi connectivity index (χ0) is 26.3. The van der Waals surface area contributed by atoms with Gasteiger partial charge in [0.05, 0.1) is 4.88 Å². The van der Waals surface area contributed by atoms with Crippen LogP contribution in [0.15, 0.2) is 51.2 Å². The van der Waals surface area contributed by atoms with Crippen LogP contribution in [-0.4, -0.2) is 43.1 Å². The van der Waals surface area contributed by atoms with E-state index in [0.717, 1.165) is 5.56 Å². The second-order valence-corrected chi connectivity index (χ2v) is 11.2. The Labute approximate surface area is 207 Å². The molecule has 36 heavy (non-hydrogen) atoms. The summed E-state index contributed by atoms with van der Waals surface area (Å²) >= 11 is 0.640. The van der Waals surface area contributed by atoms with Crippen LogP contribution in [0.4, 0.5) is 13.2 Å². The molecule has 1 aliphatic carbocycles. The van der Waals surface area contributed by atoms with E-state index in [4.69, 9.17) is 0 Å². The molecule has 0 spiro atoms. The fourth-order valence-electron chi connectivity index (χ4n) is 3.77. The van der Waals surface area contributed by atoms with Crippen molar-refractivity contribution in [2.75, 3.05) is 7.05 Å². The molecule has 0 bridgehead atoms. The number of thiophene rings is 1. The maximum atomic E-state index is 13.0. The molecule has 0 radical (unpaired) electrons. The molecule has 0 unspecified atom stereocenters. The Morgan fingerprint density at radius 3 is 2.50 bits per heavy atom. The molecule has 3 N–H and O–H groups in total. The highest BCUT2D eigenvalue weighted by Gasteiger charge is 2.63. The number of benzene rings is 1. The van der Waals surface area contributed by atoms with E-state index >= 15 is 0 Å². The molecule has 0 saturated heterocycles. The lowest BCUT2D eigenvalue weighted by Crippen LogP contribution is -2.44. The minimum absolute atomic E-state index is 0.0234. The minimum atomic E-state index is -4.74. The average Bonchev–Trinajstić information content (AvgIpc) is 3.19. The summed E-state index contributed by atoms with van der Waals surface area (Å²) in [7, 11) is -2.77. The van der Waals surface area contributed by atoms with Gasteiger partial charge in [-0.3, -0.25) is 9.59 Å². The summed E-state index contributed by atoms with van der Waals surface area (Å²) in [4.78, 5) is 23.6. The molecule has 3 aromatic rings. The summed E-state index contributed by atoms with van der Waals surface area (Å²) in [5.41, 5.74) is -0.457. The number of rotatable bonds is 9. The first kappa shape index (κ1) is 25.9. The number of hydrogen-bond donors (Lipinski definition) is 3. The van der Waals surface area contributed by atoms with Gasteiger partial charge < -0.3 is 14.9 Å². The Morgan fingerprint density at radius 1 is 1.22 bits per heavy atom. The third kappa shape index (κ3) is 5.15. The predicted octanol–water partition coefficient (Wildman–Crippen LogP) is 3.39. The van der Waals surface area contributed by atoms with Crippen molar-refractivity contribution in [1.29, 1.82) is 0 Å². The highest BCUT2D eigenvalue weighted by Crippen LogP contribution is 2.52. The van der Waals surface area contributed by atoms with Crippen LogP contribution in [0.25, 0.3) is 10.6 Å². The van der Waals surface area contributed by atoms with Crippen molar-refractivity contribution < 1.29 is 40.8 Å². The quantitative estimate of drug-likeness (QED) is 0.376. The maximum Gasteiger partial charge on any atom is 0.452 e. The lowest BCUT2D eigenvalue weighted by Gasteiger charge is -2.15. The van der Waals surface area contributed by atoms with E-state index in [1.54, 1.807) is 31.3 Å². The number of carboxylic acid groups (broad SMARTS) is 1. The summed E-state index contributed by atoms with van der Waals surface area (Å²) in [6.07, 6.45) is -3.92. The molecule has 1 saturated carbocycles. The number of aromatic nitrogens is 1. The van der Waals surface area contributed by atoms with Gasteiger partial charge >= 0.3 is 12.1 Å². The maximum absolute atomic E-state index is 13.0. The first-order valence-electron chi connectivity index (χ1n) is 10.6. The Morgan fingerprint density at radius 2 is 1.92 bits per heavy atom. The van der Waals surface area contributed by atoms with E-state index < -0.39 is 39.4 Å². The smallest absolute Gasteiger partial charge is 0.452 e. The van der Waals surface area contributed by atoms with Crippen molar-refractivity contribution in [3.05, 3.63) is 59.4 Å². The first-order chi connectivity index (χ1) is 16.9. The number of aliphatic carboxylic acids is 1. The van der Waals surface area contributed by atoms with Crippen LogP contribution in [0.2, 0.25) is 0 Å². The summed E-state index contributed by atoms with van der Waals surface area (Å²) in [6.45, 7) is 0. The molecular weight excluding hydrogens is 523 g/mol. The van der Waals surface area contributed by atoms with Gasteiger partial charge in [0.2, 0.25) is 11.7 Å². The second kappa shape index (κ2) is 9.33. The number of aryl methyl sites for hydroxylation is 1. The largest absolute Gasteiger partial charge is 0.480 e. The zero-order valence-corrected chi connectivity index (χ0v) is 20.3. The fourth-order valence-corrected chi connectivity index (χ4v) is 6.44. The normalized spacial score (nSPS) is 19.7. The molecule has 1 aliphatic rings. The van der Waals surface area contributed by atoms with Crippen LogP contribution in [-0.2, 0) is 32.2 Å². The number of nitrogens with zero attached hydrogens (tertiary/aromatic N) is 1. The summed E-state index contributed by atoms with van der Waals surface area (Å²) < 4.78 is 70.5. The van der Waals surface area contributed by atoms with Gasteiger partial charge in [-0.1, -0.05) is 29.4 Å². The Bertz CT molecular complexity index is 1400. The molecule has 0 aliphatic heterocycles. The number of halogens is 3. The number of carboxylic acids is 1. The molecule has 2 heterocycles. The molecule has 9 nitrogen and oxygen atoms in total. The topological polar surface area (TPSA) is 139 Å². The Balaban J connectivity index is 1.50. The lowest BCUT2D eigenvalue weighted by atomic mass is 10.0. The van der Waals surface area contributed by atoms with Crippen LogP contribution in [0, 0.1) is 0 Å². The van der Waals surface area contributed by atoms with Crippen molar-refractivity contribution in [3.8, 4) is 10.6 Å². The van der Waals surface area contributed by atoms with E-state index in [1.165, 1.54) is 12.1 Å². The molecular formula is C22H20F3N3O6S2. The van der Waals surface area contributed by atoms with Crippen LogP contribution in [0.3, 0.4) is 0 Å². The molecule has 2 aromatic heterocycles. The van der Waals surface area contributed by atoms with Gasteiger partial charge in [-0.05, 0) is 36.1 Å². The minimum Gasteiger partial charge on any atom is -0.480 e. The molecule has 2 atom stereocenters. The summed E-state index contributed by atoms with van der Waals surface area (Å²) in [5, 5.41) is 15.7. The fraction of sp³-hybridized carbons (Fsp3) is 0.318. The lowest BCUT2D eigenvalue weighted by molar-refractivity contribution is -0.155. The van der Waals surface area contributed by atoms with Gasteiger partial charge in [-0.2, -0.15) is 17.9 Å². The Hall–Kier alpha value is -3.23. The van der Waals surface area contributed by atoms with Gasteiger partial charge in [-0.25, -0.2) is 8.42 Å². The highest BCUT2D eigenvalue weighted by atomic mass is 32.2. The van der Waals surface area contributed by atoms with Crippen LogP contribution in [0.1, 0.15) is 35.6 Å². The number of amides is 1. The number of carbonyl (C=O) groups excluding carboxylic acids is 1. The van der Waals surface area contributed by atoms with Gasteiger partial charge in [-0.15, -0.1) is 11.3 Å². The molecule has 1 aromatic carbocycles. The van der Waals surface area contributed by atoms with Crippen LogP contribution < -0.4 is 10.0 Å². The van der Waals surface area contributed by atoms with Gasteiger partial charge in [0, 0.05) is 25.5 Å². The monoisotopic (exact) mass is 543 g/mol. The van der Waals surface area contributed by atoms with Gasteiger partial charge in [0.25, 0.3) is 10.0 Å². The third-order valence-electron chi connectivity index (χ3n) is 5.85. The molecule has 192 valence electrons. The molecule has 1 fully saturated rings. The van der Waals surface area contributed by atoms with E-state index in [9.17, 15) is 36.3 Å². The van der Waals surface area contributed by atoms with E-state index in [2.05, 4.69) is 19.7 Å².